The monoisotopic (exact) mass is 297 g/mol. The molecule has 0 unspecified atom stereocenters. The second kappa shape index (κ2) is 7.04. The van der Waals surface area contributed by atoms with Crippen LogP contribution >= 0.6 is 0 Å². The first-order chi connectivity index (χ1) is 9.61. The van der Waals surface area contributed by atoms with Crippen molar-refractivity contribution < 1.29 is 8.42 Å². The molecule has 0 radical (unpaired) electrons. The van der Waals surface area contributed by atoms with E-state index in [9.17, 15) is 8.42 Å². The van der Waals surface area contributed by atoms with Crippen LogP contribution in [0.25, 0.3) is 0 Å². The molecule has 1 fully saturated rings. The highest BCUT2D eigenvalue weighted by molar-refractivity contribution is 7.89. The number of sulfonamides is 1. The lowest BCUT2D eigenvalue weighted by atomic mass is 9.97. The molecule has 0 atom stereocenters. The maximum atomic E-state index is 11.6. The van der Waals surface area contributed by atoms with Crippen LogP contribution in [0.1, 0.15) is 26.2 Å². The van der Waals surface area contributed by atoms with Gasteiger partial charge in [0.05, 0.1) is 5.75 Å². The van der Waals surface area contributed by atoms with Crippen molar-refractivity contribution >= 4 is 15.8 Å². The van der Waals surface area contributed by atoms with Crippen molar-refractivity contribution in [1.29, 1.82) is 0 Å². The van der Waals surface area contributed by atoms with E-state index in [2.05, 4.69) is 14.6 Å². The minimum Gasteiger partial charge on any atom is -0.357 e. The van der Waals surface area contributed by atoms with Crippen LogP contribution in [0.5, 0.6) is 0 Å². The topological polar surface area (TPSA) is 62.3 Å². The van der Waals surface area contributed by atoms with Gasteiger partial charge in [0.2, 0.25) is 10.0 Å². The van der Waals surface area contributed by atoms with Gasteiger partial charge in [0.15, 0.2) is 0 Å². The van der Waals surface area contributed by atoms with Crippen molar-refractivity contribution in [1.82, 2.24) is 9.71 Å². The minimum atomic E-state index is -3.07. The van der Waals surface area contributed by atoms with Crippen molar-refractivity contribution in [2.24, 2.45) is 5.92 Å². The predicted octanol–water partition coefficient (Wildman–Crippen LogP) is 1.63. The van der Waals surface area contributed by atoms with Gasteiger partial charge >= 0.3 is 0 Å². The number of hydrogen-bond donors (Lipinski definition) is 1. The zero-order chi connectivity index (χ0) is 14.4. The van der Waals surface area contributed by atoms with Crippen LogP contribution in [-0.2, 0) is 10.0 Å². The molecule has 1 aromatic heterocycles. The van der Waals surface area contributed by atoms with E-state index in [0.717, 1.165) is 31.7 Å². The Bertz CT molecular complexity index is 496. The molecule has 0 aliphatic carbocycles. The molecule has 1 aliphatic rings. The summed E-state index contributed by atoms with van der Waals surface area (Å²) >= 11 is 0. The number of nitrogens with one attached hydrogen (secondary N) is 1. The molecule has 20 heavy (non-hydrogen) atoms. The number of piperidine rings is 1. The van der Waals surface area contributed by atoms with Crippen molar-refractivity contribution in [2.45, 2.75) is 26.2 Å². The number of pyridine rings is 1. The molecule has 2 rings (SSSR count). The number of nitrogens with zero attached hydrogens (tertiary/aromatic N) is 2. The van der Waals surface area contributed by atoms with E-state index in [1.807, 2.05) is 25.1 Å². The summed E-state index contributed by atoms with van der Waals surface area (Å²) in [7, 11) is -3.07. The van der Waals surface area contributed by atoms with Crippen molar-refractivity contribution in [3.63, 3.8) is 0 Å². The smallest absolute Gasteiger partial charge is 0.211 e. The second-order valence-corrected chi connectivity index (χ2v) is 7.21. The summed E-state index contributed by atoms with van der Waals surface area (Å²) in [6.45, 7) is 4.33. The Kier molecular flexibility index (Phi) is 5.37. The molecule has 0 aromatic carbocycles. The molecule has 1 N–H and O–H groups in total. The van der Waals surface area contributed by atoms with Crippen LogP contribution in [0, 0.1) is 5.92 Å². The van der Waals surface area contributed by atoms with Gasteiger partial charge in [-0.3, -0.25) is 0 Å². The van der Waals surface area contributed by atoms with Gasteiger partial charge in [0.1, 0.15) is 5.82 Å². The van der Waals surface area contributed by atoms with E-state index in [1.165, 1.54) is 0 Å². The van der Waals surface area contributed by atoms with Crippen molar-refractivity contribution in [3.8, 4) is 0 Å². The maximum absolute atomic E-state index is 11.6. The standard InChI is InChI=1S/C14H23N3O2S/c1-2-11-20(18,19)16-12-13-6-9-17(10-7-13)14-5-3-4-8-15-14/h3-5,8,13,16H,2,6-7,9-12H2,1H3. The van der Waals surface area contributed by atoms with Crippen LogP contribution in [0.2, 0.25) is 0 Å². The maximum Gasteiger partial charge on any atom is 0.211 e. The lowest BCUT2D eigenvalue weighted by molar-refractivity contribution is 0.400. The molecule has 1 saturated heterocycles. The highest BCUT2D eigenvalue weighted by Crippen LogP contribution is 2.21. The number of rotatable bonds is 6. The average molecular weight is 297 g/mol. The van der Waals surface area contributed by atoms with E-state index in [-0.39, 0.29) is 5.75 Å². The first-order valence-electron chi connectivity index (χ1n) is 7.24. The second-order valence-electron chi connectivity index (χ2n) is 5.29. The van der Waals surface area contributed by atoms with E-state index >= 15 is 0 Å². The van der Waals surface area contributed by atoms with Crippen LogP contribution in [0.3, 0.4) is 0 Å². The number of aromatic nitrogens is 1. The molecular formula is C14H23N3O2S. The van der Waals surface area contributed by atoms with E-state index in [0.29, 0.717) is 18.9 Å². The van der Waals surface area contributed by atoms with Gasteiger partial charge in [-0.15, -0.1) is 0 Å². The summed E-state index contributed by atoms with van der Waals surface area (Å²) in [6.07, 6.45) is 4.48. The Labute approximate surface area is 121 Å². The third-order valence-electron chi connectivity index (χ3n) is 3.65. The Hall–Kier alpha value is -1.14. The van der Waals surface area contributed by atoms with Gasteiger partial charge < -0.3 is 4.90 Å². The molecule has 0 spiro atoms. The Balaban J connectivity index is 1.77. The lowest BCUT2D eigenvalue weighted by Gasteiger charge is -2.32. The van der Waals surface area contributed by atoms with Crippen molar-refractivity contribution in [3.05, 3.63) is 24.4 Å². The summed E-state index contributed by atoms with van der Waals surface area (Å²) < 4.78 is 26.0. The number of hydrogen-bond acceptors (Lipinski definition) is 4. The van der Waals surface area contributed by atoms with Crippen LogP contribution < -0.4 is 9.62 Å². The molecule has 0 amide bonds. The summed E-state index contributed by atoms with van der Waals surface area (Å²) in [4.78, 5) is 6.61. The third-order valence-corrected chi connectivity index (χ3v) is 5.20. The van der Waals surface area contributed by atoms with Crippen LogP contribution in [0.15, 0.2) is 24.4 Å². The molecular weight excluding hydrogens is 274 g/mol. The first-order valence-corrected chi connectivity index (χ1v) is 8.89. The molecule has 6 heteroatoms. The molecule has 0 bridgehead atoms. The summed E-state index contributed by atoms with van der Waals surface area (Å²) in [6, 6.07) is 5.93. The molecule has 1 aromatic rings. The Morgan fingerprint density at radius 3 is 2.70 bits per heavy atom. The van der Waals surface area contributed by atoms with E-state index < -0.39 is 10.0 Å². The molecule has 112 valence electrons. The Morgan fingerprint density at radius 2 is 2.10 bits per heavy atom. The fraction of sp³-hybridized carbons (Fsp3) is 0.643. The van der Waals surface area contributed by atoms with Gasteiger partial charge in [-0.2, -0.15) is 0 Å². The Morgan fingerprint density at radius 1 is 1.35 bits per heavy atom. The van der Waals surface area contributed by atoms with Gasteiger partial charge in [0, 0.05) is 25.8 Å². The SMILES string of the molecule is CCCS(=O)(=O)NCC1CCN(c2ccccn2)CC1. The fourth-order valence-electron chi connectivity index (χ4n) is 2.49. The average Bonchev–Trinajstić information content (AvgIpc) is 2.47. The van der Waals surface area contributed by atoms with Crippen LogP contribution in [0.4, 0.5) is 5.82 Å². The van der Waals surface area contributed by atoms with Crippen molar-refractivity contribution in [2.75, 3.05) is 30.3 Å². The molecule has 2 heterocycles. The van der Waals surface area contributed by atoms with Gasteiger partial charge in [-0.1, -0.05) is 13.0 Å². The fourth-order valence-corrected chi connectivity index (χ4v) is 3.66. The normalized spacial score (nSPS) is 17.4. The third kappa shape index (κ3) is 4.45. The van der Waals surface area contributed by atoms with E-state index in [4.69, 9.17) is 0 Å². The summed E-state index contributed by atoms with van der Waals surface area (Å²) in [5, 5.41) is 0. The van der Waals surface area contributed by atoms with Gasteiger partial charge in [0.25, 0.3) is 0 Å². The largest absolute Gasteiger partial charge is 0.357 e. The van der Waals surface area contributed by atoms with E-state index in [1.54, 1.807) is 6.20 Å². The molecule has 5 nitrogen and oxygen atoms in total. The highest BCUT2D eigenvalue weighted by Gasteiger charge is 2.21. The van der Waals surface area contributed by atoms with Gasteiger partial charge in [-0.25, -0.2) is 18.1 Å². The van der Waals surface area contributed by atoms with Crippen LogP contribution in [-0.4, -0.2) is 38.8 Å². The lowest BCUT2D eigenvalue weighted by Crippen LogP contribution is -2.39. The zero-order valence-corrected chi connectivity index (χ0v) is 12.8. The highest BCUT2D eigenvalue weighted by atomic mass is 32.2. The molecule has 1 aliphatic heterocycles. The minimum absolute atomic E-state index is 0.222. The zero-order valence-electron chi connectivity index (χ0n) is 12.0. The first kappa shape index (κ1) is 15.3. The summed E-state index contributed by atoms with van der Waals surface area (Å²) in [5.41, 5.74) is 0. The summed E-state index contributed by atoms with van der Waals surface area (Å²) in [5.74, 6) is 1.67. The quantitative estimate of drug-likeness (QED) is 0.867. The molecule has 0 saturated carbocycles. The van der Waals surface area contributed by atoms with Gasteiger partial charge in [-0.05, 0) is 37.3 Å². The predicted molar refractivity (Wildman–Crippen MR) is 81.3 cm³/mol. The number of anilines is 1.